The van der Waals surface area contributed by atoms with Gasteiger partial charge in [0.25, 0.3) is 0 Å². The highest BCUT2D eigenvalue weighted by molar-refractivity contribution is 5.90. The Labute approximate surface area is 145 Å². The van der Waals surface area contributed by atoms with Gasteiger partial charge < -0.3 is 15.3 Å². The summed E-state index contributed by atoms with van der Waals surface area (Å²) in [5.41, 5.74) is 2.14. The molecule has 0 radical (unpaired) electrons. The molecule has 0 atom stereocenters. The van der Waals surface area contributed by atoms with E-state index in [1.165, 1.54) is 5.56 Å². The van der Waals surface area contributed by atoms with Gasteiger partial charge >= 0.3 is 0 Å². The zero-order chi connectivity index (χ0) is 17.4. The number of anilines is 1. The lowest BCUT2D eigenvalue weighted by Crippen LogP contribution is -2.47. The molecule has 1 aliphatic rings. The first-order valence-corrected chi connectivity index (χ1v) is 9.04. The molecule has 1 aliphatic heterocycles. The van der Waals surface area contributed by atoms with Crippen LogP contribution < -0.4 is 5.32 Å². The van der Waals surface area contributed by atoms with Crippen molar-refractivity contribution in [3.05, 3.63) is 29.8 Å². The largest absolute Gasteiger partial charge is 0.395 e. The van der Waals surface area contributed by atoms with E-state index in [9.17, 15) is 4.79 Å². The van der Waals surface area contributed by atoms with Crippen molar-refractivity contribution in [1.29, 1.82) is 0 Å². The molecule has 0 saturated carbocycles. The number of β-amino-alcohol motifs (C(OH)–C–C–N with tert-alkyl or cyclic N) is 1. The summed E-state index contributed by atoms with van der Waals surface area (Å²) in [5, 5.41) is 12.0. The topological polar surface area (TPSA) is 55.8 Å². The van der Waals surface area contributed by atoms with Crippen LogP contribution in [0.3, 0.4) is 0 Å². The summed E-state index contributed by atoms with van der Waals surface area (Å²) in [6.07, 6.45) is 1.44. The minimum atomic E-state index is 0.0924. The second kappa shape index (κ2) is 9.77. The molecule has 24 heavy (non-hydrogen) atoms. The zero-order valence-corrected chi connectivity index (χ0v) is 15.0. The molecule has 1 fully saturated rings. The van der Waals surface area contributed by atoms with E-state index in [0.717, 1.165) is 51.4 Å². The van der Waals surface area contributed by atoms with Crippen LogP contribution in [0.25, 0.3) is 0 Å². The van der Waals surface area contributed by atoms with E-state index in [2.05, 4.69) is 41.1 Å². The predicted molar refractivity (Wildman–Crippen MR) is 98.4 cm³/mol. The third kappa shape index (κ3) is 6.23. The lowest BCUT2D eigenvalue weighted by atomic mass is 10.0. The molecule has 1 aromatic rings. The number of amides is 1. The Morgan fingerprint density at radius 1 is 1.17 bits per heavy atom. The highest BCUT2D eigenvalue weighted by Gasteiger charge is 2.16. The van der Waals surface area contributed by atoms with Gasteiger partial charge in [-0.1, -0.05) is 26.0 Å². The fourth-order valence-electron chi connectivity index (χ4n) is 3.04. The van der Waals surface area contributed by atoms with E-state index in [0.29, 0.717) is 12.3 Å². The van der Waals surface area contributed by atoms with E-state index in [1.807, 2.05) is 12.1 Å². The molecule has 0 spiro atoms. The molecule has 2 N–H and O–H groups in total. The first-order chi connectivity index (χ1) is 11.6. The summed E-state index contributed by atoms with van der Waals surface area (Å²) in [4.78, 5) is 16.8. The van der Waals surface area contributed by atoms with Crippen molar-refractivity contribution < 1.29 is 9.90 Å². The fraction of sp³-hybridized carbons (Fsp3) is 0.632. The van der Waals surface area contributed by atoms with Gasteiger partial charge in [0.05, 0.1) is 6.61 Å². The van der Waals surface area contributed by atoms with E-state index in [4.69, 9.17) is 5.11 Å². The number of carbonyl (C=O) groups excluding carboxylic acids is 1. The Morgan fingerprint density at radius 3 is 2.46 bits per heavy atom. The van der Waals surface area contributed by atoms with Gasteiger partial charge in [-0.05, 0) is 36.6 Å². The second-order valence-corrected chi connectivity index (χ2v) is 6.84. The highest BCUT2D eigenvalue weighted by atomic mass is 16.3. The smallest absolute Gasteiger partial charge is 0.224 e. The van der Waals surface area contributed by atoms with E-state index >= 15 is 0 Å². The summed E-state index contributed by atoms with van der Waals surface area (Å²) in [5.74, 6) is 0.557. The number of benzene rings is 1. The number of rotatable bonds is 8. The molecule has 0 bridgehead atoms. The van der Waals surface area contributed by atoms with Gasteiger partial charge in [0, 0.05) is 44.8 Å². The maximum Gasteiger partial charge on any atom is 0.224 e. The van der Waals surface area contributed by atoms with Crippen molar-refractivity contribution in [2.75, 3.05) is 51.2 Å². The molecule has 1 aromatic carbocycles. The average molecular weight is 333 g/mol. The van der Waals surface area contributed by atoms with Crippen LogP contribution in [-0.2, 0) is 4.79 Å². The number of carbonyl (C=O) groups is 1. The minimum absolute atomic E-state index is 0.0924. The number of aliphatic hydroxyl groups is 1. The fourth-order valence-corrected chi connectivity index (χ4v) is 3.04. The Bertz CT molecular complexity index is 511. The second-order valence-electron chi connectivity index (χ2n) is 6.84. The zero-order valence-electron chi connectivity index (χ0n) is 15.0. The number of piperazine rings is 1. The van der Waals surface area contributed by atoms with Crippen LogP contribution in [0.2, 0.25) is 0 Å². The average Bonchev–Trinajstić information content (AvgIpc) is 2.57. The summed E-state index contributed by atoms with van der Waals surface area (Å²) in [6.45, 7) is 10.3. The van der Waals surface area contributed by atoms with Crippen molar-refractivity contribution in [3.8, 4) is 0 Å². The van der Waals surface area contributed by atoms with Crippen molar-refractivity contribution in [2.45, 2.75) is 32.6 Å². The summed E-state index contributed by atoms with van der Waals surface area (Å²) < 4.78 is 0. The Balaban J connectivity index is 1.66. The third-order valence-electron chi connectivity index (χ3n) is 4.60. The van der Waals surface area contributed by atoms with Gasteiger partial charge in [0.2, 0.25) is 5.91 Å². The van der Waals surface area contributed by atoms with Gasteiger partial charge in [-0.15, -0.1) is 0 Å². The molecule has 1 saturated heterocycles. The van der Waals surface area contributed by atoms with Crippen LogP contribution in [0.1, 0.15) is 38.2 Å². The first-order valence-electron chi connectivity index (χ1n) is 9.04. The molecule has 134 valence electrons. The molecular weight excluding hydrogens is 302 g/mol. The van der Waals surface area contributed by atoms with Gasteiger partial charge in [-0.3, -0.25) is 9.69 Å². The molecule has 1 heterocycles. The van der Waals surface area contributed by atoms with Crippen LogP contribution in [0.4, 0.5) is 5.69 Å². The summed E-state index contributed by atoms with van der Waals surface area (Å²) in [7, 11) is 0. The van der Waals surface area contributed by atoms with Crippen LogP contribution in [0.15, 0.2) is 24.3 Å². The van der Waals surface area contributed by atoms with Gasteiger partial charge in [-0.2, -0.15) is 0 Å². The van der Waals surface area contributed by atoms with Crippen LogP contribution in [-0.4, -0.2) is 66.7 Å². The van der Waals surface area contributed by atoms with Crippen LogP contribution >= 0.6 is 0 Å². The van der Waals surface area contributed by atoms with Crippen LogP contribution in [0.5, 0.6) is 0 Å². The lowest BCUT2D eigenvalue weighted by Gasteiger charge is -2.34. The first kappa shape index (κ1) is 18.9. The molecule has 5 heteroatoms. The molecule has 0 unspecified atom stereocenters. The van der Waals surface area contributed by atoms with Crippen LogP contribution in [0, 0.1) is 0 Å². The van der Waals surface area contributed by atoms with E-state index in [-0.39, 0.29) is 12.5 Å². The molecule has 1 amide bonds. The molecule has 0 aromatic heterocycles. The summed E-state index contributed by atoms with van der Waals surface area (Å²) in [6, 6.07) is 8.10. The normalized spacial score (nSPS) is 16.5. The number of hydrogen-bond acceptors (Lipinski definition) is 4. The van der Waals surface area contributed by atoms with Gasteiger partial charge in [0.1, 0.15) is 0 Å². The monoisotopic (exact) mass is 333 g/mol. The molecule has 5 nitrogen and oxygen atoms in total. The van der Waals surface area contributed by atoms with E-state index in [1.54, 1.807) is 0 Å². The number of aliphatic hydroxyl groups excluding tert-OH is 1. The number of nitrogens with one attached hydrogen (secondary N) is 1. The van der Waals surface area contributed by atoms with Crippen molar-refractivity contribution in [1.82, 2.24) is 9.80 Å². The third-order valence-corrected chi connectivity index (χ3v) is 4.60. The Kier molecular flexibility index (Phi) is 7.69. The Hall–Kier alpha value is -1.43. The van der Waals surface area contributed by atoms with Crippen molar-refractivity contribution in [3.63, 3.8) is 0 Å². The van der Waals surface area contributed by atoms with Crippen molar-refractivity contribution >= 4 is 11.6 Å². The standard InChI is InChI=1S/C19H31N3O2/c1-16(2)17-5-3-6-18(15-17)20-19(24)7-4-8-21-9-11-22(12-10-21)13-14-23/h3,5-6,15-16,23H,4,7-14H2,1-2H3,(H,20,24). The maximum atomic E-state index is 12.1. The Morgan fingerprint density at radius 2 is 1.83 bits per heavy atom. The maximum absolute atomic E-state index is 12.1. The highest BCUT2D eigenvalue weighted by Crippen LogP contribution is 2.18. The minimum Gasteiger partial charge on any atom is -0.395 e. The molecular formula is C19H31N3O2. The predicted octanol–water partition coefficient (Wildman–Crippen LogP) is 2.14. The summed E-state index contributed by atoms with van der Waals surface area (Å²) >= 11 is 0. The van der Waals surface area contributed by atoms with Crippen molar-refractivity contribution in [2.24, 2.45) is 0 Å². The molecule has 0 aliphatic carbocycles. The van der Waals surface area contributed by atoms with Gasteiger partial charge in [0.15, 0.2) is 0 Å². The lowest BCUT2D eigenvalue weighted by molar-refractivity contribution is -0.116. The SMILES string of the molecule is CC(C)c1cccc(NC(=O)CCCN2CCN(CCO)CC2)c1. The molecule has 2 rings (SSSR count). The van der Waals surface area contributed by atoms with E-state index < -0.39 is 0 Å². The number of nitrogens with zero attached hydrogens (tertiary/aromatic N) is 2. The van der Waals surface area contributed by atoms with Gasteiger partial charge in [-0.25, -0.2) is 0 Å². The quantitative estimate of drug-likeness (QED) is 0.765. The number of hydrogen-bond donors (Lipinski definition) is 2.